The topological polar surface area (TPSA) is 49.8 Å². The van der Waals surface area contributed by atoms with E-state index >= 15 is 0 Å². The minimum absolute atomic E-state index is 0.0153. The monoisotopic (exact) mass is 229 g/mol. The van der Waals surface area contributed by atoms with Gasteiger partial charge in [0.25, 0.3) is 0 Å². The fourth-order valence-corrected chi connectivity index (χ4v) is 2.22. The molecule has 94 valence electrons. The zero-order chi connectivity index (χ0) is 12.3. The van der Waals surface area contributed by atoms with Gasteiger partial charge < -0.3 is 9.84 Å². The molecule has 0 radical (unpaired) electrons. The highest BCUT2D eigenvalue weighted by Crippen LogP contribution is 2.24. The molecule has 1 rings (SSSR count). The van der Waals surface area contributed by atoms with Gasteiger partial charge in [-0.1, -0.05) is 20.3 Å². The zero-order valence-corrected chi connectivity index (χ0v) is 10.6. The molecule has 0 saturated carbocycles. The summed E-state index contributed by atoms with van der Waals surface area (Å²) in [6.07, 6.45) is 1.11. The lowest BCUT2D eigenvalue weighted by Crippen LogP contribution is -2.47. The van der Waals surface area contributed by atoms with Gasteiger partial charge in [0.1, 0.15) is 0 Å². The van der Waals surface area contributed by atoms with Crippen LogP contribution in [-0.4, -0.2) is 48.3 Å². The van der Waals surface area contributed by atoms with E-state index in [0.717, 1.165) is 6.42 Å². The third-order valence-corrected chi connectivity index (χ3v) is 4.00. The van der Waals surface area contributed by atoms with Gasteiger partial charge in [-0.25, -0.2) is 0 Å². The summed E-state index contributed by atoms with van der Waals surface area (Å²) in [6, 6.07) is 0.403. The fraction of sp³-hybridized carbons (Fsp3) is 0.917. The predicted molar refractivity (Wildman–Crippen MR) is 62.4 cm³/mol. The molecule has 4 nitrogen and oxygen atoms in total. The number of hydrogen-bond donors (Lipinski definition) is 1. The lowest BCUT2D eigenvalue weighted by atomic mass is 9.95. The Bertz CT molecular complexity index is 244. The summed E-state index contributed by atoms with van der Waals surface area (Å²) in [4.78, 5) is 13.2. The molecule has 1 N–H and O–H groups in total. The summed E-state index contributed by atoms with van der Waals surface area (Å²) >= 11 is 0. The van der Waals surface area contributed by atoms with Crippen molar-refractivity contribution in [3.8, 4) is 0 Å². The Kier molecular flexibility index (Phi) is 4.74. The molecule has 0 aromatic rings. The van der Waals surface area contributed by atoms with Crippen LogP contribution in [0.3, 0.4) is 0 Å². The van der Waals surface area contributed by atoms with E-state index in [1.165, 1.54) is 0 Å². The van der Waals surface area contributed by atoms with E-state index in [1.807, 2.05) is 7.05 Å². The van der Waals surface area contributed by atoms with Crippen molar-refractivity contribution < 1.29 is 14.6 Å². The Morgan fingerprint density at radius 1 is 1.50 bits per heavy atom. The molecule has 16 heavy (non-hydrogen) atoms. The Labute approximate surface area is 97.6 Å². The highest BCUT2D eigenvalue weighted by Gasteiger charge is 2.38. The summed E-state index contributed by atoms with van der Waals surface area (Å²) in [5.74, 6) is -0.553. The first-order valence-electron chi connectivity index (χ1n) is 6.01. The number of aliphatic carboxylic acids is 1. The van der Waals surface area contributed by atoms with Crippen LogP contribution in [0, 0.1) is 11.8 Å². The van der Waals surface area contributed by atoms with Gasteiger partial charge in [0, 0.05) is 12.1 Å². The summed E-state index contributed by atoms with van der Waals surface area (Å²) in [7, 11) is 2.01. The first-order chi connectivity index (χ1) is 7.49. The number of rotatable bonds is 5. The van der Waals surface area contributed by atoms with Crippen molar-refractivity contribution in [3.63, 3.8) is 0 Å². The summed E-state index contributed by atoms with van der Waals surface area (Å²) in [5.41, 5.74) is 0. The first kappa shape index (κ1) is 13.5. The quantitative estimate of drug-likeness (QED) is 0.775. The number of ether oxygens (including phenoxy) is 1. The highest BCUT2D eigenvalue weighted by atomic mass is 16.5. The van der Waals surface area contributed by atoms with Gasteiger partial charge in [0.15, 0.2) is 0 Å². The van der Waals surface area contributed by atoms with E-state index in [1.54, 1.807) is 0 Å². The maximum atomic E-state index is 11.1. The molecule has 0 aromatic heterocycles. The van der Waals surface area contributed by atoms with Gasteiger partial charge in [0.05, 0.1) is 19.1 Å². The number of carboxylic acid groups (broad SMARTS) is 1. The van der Waals surface area contributed by atoms with Crippen molar-refractivity contribution in [1.29, 1.82) is 0 Å². The maximum Gasteiger partial charge on any atom is 0.310 e. The molecule has 1 aliphatic rings. The van der Waals surface area contributed by atoms with Crippen LogP contribution in [0.2, 0.25) is 0 Å². The normalized spacial score (nSPS) is 29.3. The molecule has 1 fully saturated rings. The second-order valence-corrected chi connectivity index (χ2v) is 4.84. The van der Waals surface area contributed by atoms with E-state index in [0.29, 0.717) is 25.2 Å². The van der Waals surface area contributed by atoms with Crippen molar-refractivity contribution in [2.24, 2.45) is 11.8 Å². The minimum atomic E-state index is -0.745. The third-order valence-electron chi connectivity index (χ3n) is 4.00. The average Bonchev–Trinajstić information content (AvgIpc) is 2.74. The Morgan fingerprint density at radius 3 is 2.62 bits per heavy atom. The van der Waals surface area contributed by atoms with Gasteiger partial charge in [-0.3, -0.25) is 9.69 Å². The molecular formula is C12H23NO3. The lowest BCUT2D eigenvalue weighted by Gasteiger charge is -2.35. The van der Waals surface area contributed by atoms with Gasteiger partial charge in [-0.15, -0.1) is 0 Å². The van der Waals surface area contributed by atoms with Crippen LogP contribution in [0.1, 0.15) is 27.2 Å². The number of nitrogens with zero attached hydrogens (tertiary/aromatic N) is 1. The van der Waals surface area contributed by atoms with E-state index in [-0.39, 0.29) is 12.0 Å². The number of likely N-dealkylation sites (N-methyl/N-ethyl adjacent to an activating group) is 1. The highest BCUT2D eigenvalue weighted by molar-refractivity contribution is 5.71. The second kappa shape index (κ2) is 5.64. The number of carbonyl (C=O) groups is 1. The summed E-state index contributed by atoms with van der Waals surface area (Å²) in [6.45, 7) is 7.40. The Morgan fingerprint density at radius 2 is 2.12 bits per heavy atom. The smallest absolute Gasteiger partial charge is 0.310 e. The average molecular weight is 229 g/mol. The van der Waals surface area contributed by atoms with Crippen molar-refractivity contribution in [2.75, 3.05) is 20.3 Å². The molecule has 4 unspecified atom stereocenters. The van der Waals surface area contributed by atoms with Crippen LogP contribution in [0.5, 0.6) is 0 Å². The molecule has 0 amide bonds. The largest absolute Gasteiger partial charge is 0.481 e. The van der Waals surface area contributed by atoms with Crippen LogP contribution in [0.25, 0.3) is 0 Å². The van der Waals surface area contributed by atoms with Crippen LogP contribution < -0.4 is 0 Å². The molecule has 1 heterocycles. The van der Waals surface area contributed by atoms with Crippen molar-refractivity contribution in [1.82, 2.24) is 4.90 Å². The first-order valence-corrected chi connectivity index (χ1v) is 6.01. The van der Waals surface area contributed by atoms with Crippen LogP contribution in [0.4, 0.5) is 0 Å². The fourth-order valence-electron chi connectivity index (χ4n) is 2.22. The second-order valence-electron chi connectivity index (χ2n) is 4.84. The number of hydrogen-bond acceptors (Lipinski definition) is 3. The summed E-state index contributed by atoms with van der Waals surface area (Å²) < 4.78 is 5.29. The van der Waals surface area contributed by atoms with Crippen molar-refractivity contribution >= 4 is 5.97 Å². The molecule has 1 saturated heterocycles. The van der Waals surface area contributed by atoms with Gasteiger partial charge in [0.2, 0.25) is 0 Å². The summed E-state index contributed by atoms with van der Waals surface area (Å²) in [5, 5.41) is 9.10. The molecular weight excluding hydrogens is 206 g/mol. The number of carboxylic acids is 1. The standard InChI is InChI=1S/C12H23NO3/c1-5-8(2)9(3)13(4)11-7-16-6-10(11)12(14)15/h8-11H,5-7H2,1-4H3,(H,14,15). The lowest BCUT2D eigenvalue weighted by molar-refractivity contribution is -0.143. The molecule has 0 aromatic carbocycles. The zero-order valence-electron chi connectivity index (χ0n) is 10.6. The van der Waals surface area contributed by atoms with Gasteiger partial charge in [-0.05, 0) is 19.9 Å². The van der Waals surface area contributed by atoms with E-state index < -0.39 is 5.97 Å². The third kappa shape index (κ3) is 2.74. The van der Waals surface area contributed by atoms with Gasteiger partial charge in [-0.2, -0.15) is 0 Å². The molecule has 1 aliphatic heterocycles. The van der Waals surface area contributed by atoms with Crippen LogP contribution in [0.15, 0.2) is 0 Å². The van der Waals surface area contributed by atoms with Crippen LogP contribution >= 0.6 is 0 Å². The minimum Gasteiger partial charge on any atom is -0.481 e. The van der Waals surface area contributed by atoms with E-state index in [9.17, 15) is 4.79 Å². The molecule has 0 spiro atoms. The van der Waals surface area contributed by atoms with Crippen molar-refractivity contribution in [2.45, 2.75) is 39.3 Å². The molecule has 4 atom stereocenters. The predicted octanol–water partition coefficient (Wildman–Crippen LogP) is 1.45. The van der Waals surface area contributed by atoms with Gasteiger partial charge >= 0.3 is 5.97 Å². The molecule has 4 heteroatoms. The SMILES string of the molecule is CCC(C)C(C)N(C)C1COCC1C(=O)O. The van der Waals surface area contributed by atoms with Crippen LogP contribution in [-0.2, 0) is 9.53 Å². The maximum absolute atomic E-state index is 11.1. The van der Waals surface area contributed by atoms with E-state index in [2.05, 4.69) is 25.7 Å². The van der Waals surface area contributed by atoms with E-state index in [4.69, 9.17) is 9.84 Å². The Hall–Kier alpha value is -0.610. The van der Waals surface area contributed by atoms with Crippen molar-refractivity contribution in [3.05, 3.63) is 0 Å². The Balaban J connectivity index is 2.65. The molecule has 0 aliphatic carbocycles. The molecule has 0 bridgehead atoms.